The van der Waals surface area contributed by atoms with Crippen molar-refractivity contribution in [2.45, 2.75) is 24.4 Å². The van der Waals surface area contributed by atoms with Gasteiger partial charge in [-0.2, -0.15) is 0 Å². The third-order valence-electron chi connectivity index (χ3n) is 3.69. The zero-order valence-corrected chi connectivity index (χ0v) is 13.1. The van der Waals surface area contributed by atoms with Crippen LogP contribution >= 0.6 is 11.8 Å². The number of benzene rings is 2. The standard InChI is InChI=1S/C17H19NO2S/c1-12(13-6-8-15(21-2)9-7-13)18-10-14-4-3-5-16-17(14)20-11-19-16/h3-9,12,18H,10-11H2,1-2H3. The summed E-state index contributed by atoms with van der Waals surface area (Å²) in [6.45, 7) is 3.25. The zero-order valence-electron chi connectivity index (χ0n) is 12.3. The highest BCUT2D eigenvalue weighted by molar-refractivity contribution is 7.98. The van der Waals surface area contributed by atoms with Gasteiger partial charge in [-0.25, -0.2) is 0 Å². The van der Waals surface area contributed by atoms with Crippen molar-refractivity contribution >= 4 is 11.8 Å². The maximum absolute atomic E-state index is 5.53. The fraction of sp³-hybridized carbons (Fsp3) is 0.294. The molecular weight excluding hydrogens is 282 g/mol. The van der Waals surface area contributed by atoms with Gasteiger partial charge in [0.25, 0.3) is 0 Å². The summed E-state index contributed by atoms with van der Waals surface area (Å²) in [5.41, 5.74) is 2.43. The average Bonchev–Trinajstić information content (AvgIpc) is 3.02. The minimum absolute atomic E-state index is 0.291. The van der Waals surface area contributed by atoms with E-state index in [1.807, 2.05) is 12.1 Å². The lowest BCUT2D eigenvalue weighted by Crippen LogP contribution is -2.18. The second kappa shape index (κ2) is 6.41. The van der Waals surface area contributed by atoms with Crippen LogP contribution in [0.15, 0.2) is 47.4 Å². The molecule has 4 heteroatoms. The summed E-state index contributed by atoms with van der Waals surface area (Å²) in [7, 11) is 0. The third kappa shape index (κ3) is 3.17. The highest BCUT2D eigenvalue weighted by Crippen LogP contribution is 2.35. The highest BCUT2D eigenvalue weighted by atomic mass is 32.2. The van der Waals surface area contributed by atoms with Crippen molar-refractivity contribution in [3.63, 3.8) is 0 Å². The van der Waals surface area contributed by atoms with Crippen LogP contribution < -0.4 is 14.8 Å². The molecule has 0 aromatic heterocycles. The second-order valence-electron chi connectivity index (χ2n) is 5.03. The molecule has 1 atom stereocenters. The second-order valence-corrected chi connectivity index (χ2v) is 5.91. The van der Waals surface area contributed by atoms with Gasteiger partial charge in [-0.1, -0.05) is 24.3 Å². The highest BCUT2D eigenvalue weighted by Gasteiger charge is 2.17. The summed E-state index contributed by atoms with van der Waals surface area (Å²) in [5.74, 6) is 1.71. The summed E-state index contributed by atoms with van der Waals surface area (Å²) in [6.07, 6.45) is 2.09. The Hall–Kier alpha value is -1.65. The largest absolute Gasteiger partial charge is 0.454 e. The van der Waals surface area contributed by atoms with Crippen LogP contribution in [0.1, 0.15) is 24.1 Å². The van der Waals surface area contributed by atoms with Crippen molar-refractivity contribution in [1.29, 1.82) is 0 Å². The molecule has 0 amide bonds. The molecule has 0 spiro atoms. The van der Waals surface area contributed by atoms with Crippen molar-refractivity contribution < 1.29 is 9.47 Å². The molecule has 110 valence electrons. The van der Waals surface area contributed by atoms with Gasteiger partial charge >= 0.3 is 0 Å². The number of para-hydroxylation sites is 1. The molecule has 0 saturated heterocycles. The lowest BCUT2D eigenvalue weighted by Gasteiger charge is -2.15. The third-order valence-corrected chi connectivity index (χ3v) is 4.44. The van der Waals surface area contributed by atoms with Crippen molar-refractivity contribution in [2.24, 2.45) is 0 Å². The number of ether oxygens (including phenoxy) is 2. The van der Waals surface area contributed by atoms with Crippen molar-refractivity contribution in [3.8, 4) is 11.5 Å². The first-order valence-corrected chi connectivity index (χ1v) is 8.25. The number of hydrogen-bond acceptors (Lipinski definition) is 4. The molecule has 1 aliphatic heterocycles. The first-order chi connectivity index (χ1) is 10.3. The molecule has 0 radical (unpaired) electrons. The van der Waals surface area contributed by atoms with Crippen molar-refractivity contribution in [1.82, 2.24) is 5.32 Å². The van der Waals surface area contributed by atoms with E-state index in [4.69, 9.17) is 9.47 Å². The van der Waals surface area contributed by atoms with E-state index in [0.717, 1.165) is 23.6 Å². The minimum Gasteiger partial charge on any atom is -0.454 e. The Morgan fingerprint density at radius 2 is 1.95 bits per heavy atom. The van der Waals surface area contributed by atoms with E-state index in [2.05, 4.69) is 48.8 Å². The molecule has 21 heavy (non-hydrogen) atoms. The molecule has 0 aliphatic carbocycles. The Labute approximate surface area is 129 Å². The molecule has 1 N–H and O–H groups in total. The summed E-state index contributed by atoms with van der Waals surface area (Å²) < 4.78 is 10.9. The van der Waals surface area contributed by atoms with Crippen LogP contribution in [0.25, 0.3) is 0 Å². The fourth-order valence-electron chi connectivity index (χ4n) is 2.40. The first-order valence-electron chi connectivity index (χ1n) is 7.03. The van der Waals surface area contributed by atoms with E-state index in [9.17, 15) is 0 Å². The summed E-state index contributed by atoms with van der Waals surface area (Å²) in [4.78, 5) is 1.29. The zero-order chi connectivity index (χ0) is 14.7. The molecule has 1 unspecified atom stereocenters. The van der Waals surface area contributed by atoms with Crippen molar-refractivity contribution in [2.75, 3.05) is 13.0 Å². The minimum atomic E-state index is 0.291. The molecule has 2 aromatic carbocycles. The Morgan fingerprint density at radius 1 is 1.14 bits per heavy atom. The van der Waals surface area contributed by atoms with Crippen LogP contribution in [0.4, 0.5) is 0 Å². The van der Waals surface area contributed by atoms with E-state index in [1.54, 1.807) is 11.8 Å². The van der Waals surface area contributed by atoms with Gasteiger partial charge in [-0.15, -0.1) is 11.8 Å². The van der Waals surface area contributed by atoms with Crippen LogP contribution in [-0.4, -0.2) is 13.0 Å². The number of hydrogen-bond donors (Lipinski definition) is 1. The molecule has 0 fully saturated rings. The van der Waals surface area contributed by atoms with Crippen molar-refractivity contribution in [3.05, 3.63) is 53.6 Å². The number of rotatable bonds is 5. The van der Waals surface area contributed by atoms with Gasteiger partial charge in [0.05, 0.1) is 0 Å². The monoisotopic (exact) mass is 301 g/mol. The normalized spacial score (nSPS) is 14.2. The van der Waals surface area contributed by atoms with Gasteiger partial charge in [-0.3, -0.25) is 0 Å². The summed E-state index contributed by atoms with van der Waals surface area (Å²) >= 11 is 1.76. The molecule has 2 aromatic rings. The van der Waals surface area contributed by atoms with Gasteiger partial charge < -0.3 is 14.8 Å². The first kappa shape index (κ1) is 14.3. The number of fused-ring (bicyclic) bond motifs is 1. The lowest BCUT2D eigenvalue weighted by molar-refractivity contribution is 0.173. The van der Waals surface area contributed by atoms with Gasteiger partial charge in [0.1, 0.15) is 0 Å². The molecule has 0 saturated carbocycles. The maximum Gasteiger partial charge on any atom is 0.231 e. The Kier molecular flexibility index (Phi) is 4.36. The van der Waals surface area contributed by atoms with Crippen LogP contribution in [-0.2, 0) is 6.54 Å². The number of thioether (sulfide) groups is 1. The SMILES string of the molecule is CSc1ccc(C(C)NCc2cccc3c2OCO3)cc1. The molecule has 1 aliphatic rings. The summed E-state index contributed by atoms with van der Waals surface area (Å²) in [6, 6.07) is 15.0. The topological polar surface area (TPSA) is 30.5 Å². The fourth-order valence-corrected chi connectivity index (χ4v) is 2.81. The van der Waals surface area contributed by atoms with E-state index in [-0.39, 0.29) is 0 Å². The van der Waals surface area contributed by atoms with E-state index >= 15 is 0 Å². The average molecular weight is 301 g/mol. The Balaban J connectivity index is 1.65. The van der Waals surface area contributed by atoms with Crippen LogP contribution in [0.5, 0.6) is 11.5 Å². The molecule has 3 nitrogen and oxygen atoms in total. The smallest absolute Gasteiger partial charge is 0.231 e. The van der Waals surface area contributed by atoms with Crippen LogP contribution in [0, 0.1) is 0 Å². The Bertz CT molecular complexity index is 613. The van der Waals surface area contributed by atoms with E-state index < -0.39 is 0 Å². The Morgan fingerprint density at radius 3 is 2.71 bits per heavy atom. The molecule has 0 bridgehead atoms. The van der Waals surface area contributed by atoms with Crippen LogP contribution in [0.3, 0.4) is 0 Å². The predicted octanol–water partition coefficient (Wildman–Crippen LogP) is 3.99. The van der Waals surface area contributed by atoms with Gasteiger partial charge in [0, 0.05) is 23.0 Å². The van der Waals surface area contributed by atoms with Gasteiger partial charge in [0.15, 0.2) is 11.5 Å². The number of nitrogens with one attached hydrogen (secondary N) is 1. The summed E-state index contributed by atoms with van der Waals surface area (Å²) in [5, 5.41) is 3.54. The van der Waals surface area contributed by atoms with E-state index in [0.29, 0.717) is 12.8 Å². The molecular formula is C17H19NO2S. The quantitative estimate of drug-likeness (QED) is 0.846. The lowest BCUT2D eigenvalue weighted by atomic mass is 10.1. The molecule has 1 heterocycles. The van der Waals surface area contributed by atoms with Gasteiger partial charge in [0.2, 0.25) is 6.79 Å². The van der Waals surface area contributed by atoms with Gasteiger partial charge in [-0.05, 0) is 36.9 Å². The molecule has 3 rings (SSSR count). The predicted molar refractivity (Wildman–Crippen MR) is 86.0 cm³/mol. The van der Waals surface area contributed by atoms with Crippen LogP contribution in [0.2, 0.25) is 0 Å². The maximum atomic E-state index is 5.53. The van der Waals surface area contributed by atoms with E-state index in [1.165, 1.54) is 10.5 Å².